The van der Waals surface area contributed by atoms with Crippen molar-refractivity contribution in [3.05, 3.63) is 51.7 Å². The summed E-state index contributed by atoms with van der Waals surface area (Å²) in [5, 5.41) is 10.6. The van der Waals surface area contributed by atoms with Crippen LogP contribution in [0.15, 0.2) is 36.0 Å². The van der Waals surface area contributed by atoms with E-state index in [1.165, 1.54) is 0 Å². The van der Waals surface area contributed by atoms with Crippen molar-refractivity contribution in [2.75, 3.05) is 14.1 Å². The average Bonchev–Trinajstić information content (AvgIpc) is 2.26. The summed E-state index contributed by atoms with van der Waals surface area (Å²) in [7, 11) is 3.45. The summed E-state index contributed by atoms with van der Waals surface area (Å²) in [6.45, 7) is 0. The molecule has 0 aliphatic heterocycles. The lowest BCUT2D eigenvalue weighted by atomic mass is 10.1. The molecule has 0 amide bonds. The fourth-order valence-corrected chi connectivity index (χ4v) is 1.28. The van der Waals surface area contributed by atoms with Gasteiger partial charge in [0, 0.05) is 32.9 Å². The number of likely N-dealkylation sites (N-methyl/N-ethyl adjacent to an activating group) is 1. The summed E-state index contributed by atoms with van der Waals surface area (Å²) in [5.41, 5.74) is 6.78. The Labute approximate surface area is 93.5 Å². The molecule has 6 nitrogen and oxygen atoms in total. The zero-order valence-corrected chi connectivity index (χ0v) is 9.25. The van der Waals surface area contributed by atoms with Crippen LogP contribution in [-0.4, -0.2) is 28.9 Å². The van der Waals surface area contributed by atoms with Gasteiger partial charge in [-0.2, -0.15) is 0 Å². The van der Waals surface area contributed by atoms with Crippen LogP contribution in [0.2, 0.25) is 0 Å². The first-order chi connectivity index (χ1) is 7.52. The van der Waals surface area contributed by atoms with Crippen molar-refractivity contribution in [2.24, 2.45) is 5.73 Å². The van der Waals surface area contributed by atoms with Gasteiger partial charge in [0.05, 0.1) is 0 Å². The molecule has 0 aliphatic carbocycles. The second kappa shape index (κ2) is 5.11. The number of nitrogens with two attached hydrogens (primary N) is 1. The van der Waals surface area contributed by atoms with Crippen molar-refractivity contribution in [3.63, 3.8) is 0 Å². The normalized spacial score (nSPS) is 11.9. The van der Waals surface area contributed by atoms with E-state index in [1.54, 1.807) is 37.5 Å². The molecular weight excluding hydrogens is 208 g/mol. The fraction of sp³-hybridized carbons (Fsp3) is 0.300. The molecule has 0 bridgehead atoms. The number of allylic oxidation sites excluding steroid dienone is 1. The molecule has 0 saturated carbocycles. The molecule has 1 heterocycles. The third kappa shape index (κ3) is 2.94. The molecule has 0 aliphatic rings. The Balaban J connectivity index is 2.98. The first-order valence-electron chi connectivity index (χ1n) is 4.71. The van der Waals surface area contributed by atoms with Gasteiger partial charge in [-0.25, -0.2) is 0 Å². The van der Waals surface area contributed by atoms with Gasteiger partial charge in [0.25, 0.3) is 0 Å². The minimum Gasteiger partial charge on any atom is -0.374 e. The van der Waals surface area contributed by atoms with E-state index in [4.69, 9.17) is 5.73 Å². The van der Waals surface area contributed by atoms with Crippen LogP contribution in [0.4, 0.5) is 0 Å². The summed E-state index contributed by atoms with van der Waals surface area (Å²) in [5.74, 6) is -0.325. The number of pyridine rings is 1. The summed E-state index contributed by atoms with van der Waals surface area (Å²) < 4.78 is 0. The van der Waals surface area contributed by atoms with Crippen molar-refractivity contribution in [1.29, 1.82) is 0 Å². The van der Waals surface area contributed by atoms with Crippen LogP contribution in [0, 0.1) is 10.1 Å². The lowest BCUT2D eigenvalue weighted by Crippen LogP contribution is -2.23. The summed E-state index contributed by atoms with van der Waals surface area (Å²) in [6, 6.07) is 3.63. The number of nitrogens with zero attached hydrogens (tertiary/aromatic N) is 3. The lowest BCUT2D eigenvalue weighted by molar-refractivity contribution is -0.428. The van der Waals surface area contributed by atoms with Gasteiger partial charge >= 0.3 is 5.82 Å². The molecule has 0 spiro atoms. The van der Waals surface area contributed by atoms with Crippen LogP contribution in [0.5, 0.6) is 0 Å². The molecule has 0 atom stereocenters. The molecule has 0 radical (unpaired) electrons. The van der Waals surface area contributed by atoms with Gasteiger partial charge in [0.1, 0.15) is 5.70 Å². The molecule has 0 saturated heterocycles. The van der Waals surface area contributed by atoms with Crippen LogP contribution >= 0.6 is 0 Å². The second-order valence-electron chi connectivity index (χ2n) is 3.52. The number of nitro groups is 1. The highest BCUT2D eigenvalue weighted by atomic mass is 16.6. The highest BCUT2D eigenvalue weighted by Crippen LogP contribution is 2.11. The first-order valence-corrected chi connectivity index (χ1v) is 4.71. The largest absolute Gasteiger partial charge is 0.374 e. The van der Waals surface area contributed by atoms with Gasteiger partial charge in [0.2, 0.25) is 0 Å². The van der Waals surface area contributed by atoms with Gasteiger partial charge in [-0.05, 0) is 16.6 Å². The number of aromatic nitrogens is 1. The van der Waals surface area contributed by atoms with Crippen molar-refractivity contribution < 1.29 is 4.92 Å². The Kier molecular flexibility index (Phi) is 3.82. The predicted octanol–water partition coefficient (Wildman–Crippen LogP) is 0.590. The number of hydrogen-bond acceptors (Lipinski definition) is 5. The van der Waals surface area contributed by atoms with E-state index in [1.807, 2.05) is 6.07 Å². The molecular formula is C10H14N4O2. The van der Waals surface area contributed by atoms with Gasteiger partial charge in [-0.1, -0.05) is 6.07 Å². The standard InChI is InChI=1S/C10H14N4O2/c1-13(2)9(10(11)14(15)16)6-8-4-3-5-12-7-8/h3-5,7H,6,11H2,1-2H3. The maximum Gasteiger partial charge on any atom is 0.333 e. The van der Waals surface area contributed by atoms with Crippen LogP contribution < -0.4 is 5.73 Å². The molecule has 1 aromatic rings. The monoisotopic (exact) mass is 222 g/mol. The highest BCUT2D eigenvalue weighted by Gasteiger charge is 2.14. The van der Waals surface area contributed by atoms with E-state index in [-0.39, 0.29) is 5.82 Å². The van der Waals surface area contributed by atoms with E-state index >= 15 is 0 Å². The van der Waals surface area contributed by atoms with E-state index in [0.717, 1.165) is 5.56 Å². The predicted molar refractivity (Wildman–Crippen MR) is 59.8 cm³/mol. The van der Waals surface area contributed by atoms with Crippen LogP contribution in [0.3, 0.4) is 0 Å². The number of rotatable bonds is 4. The minimum atomic E-state index is -0.578. The van der Waals surface area contributed by atoms with E-state index in [9.17, 15) is 10.1 Å². The zero-order valence-electron chi connectivity index (χ0n) is 9.25. The first kappa shape index (κ1) is 12.0. The summed E-state index contributed by atoms with van der Waals surface area (Å²) >= 11 is 0. The molecule has 16 heavy (non-hydrogen) atoms. The molecule has 1 aromatic heterocycles. The molecule has 86 valence electrons. The van der Waals surface area contributed by atoms with Gasteiger partial charge in [-0.3, -0.25) is 10.7 Å². The maximum absolute atomic E-state index is 10.6. The fourth-order valence-electron chi connectivity index (χ4n) is 1.28. The molecule has 1 rings (SSSR count). The highest BCUT2D eigenvalue weighted by molar-refractivity contribution is 5.18. The van der Waals surface area contributed by atoms with Crippen LogP contribution in [-0.2, 0) is 6.42 Å². The van der Waals surface area contributed by atoms with Gasteiger partial charge in [0.15, 0.2) is 0 Å². The number of hydrogen-bond donors (Lipinski definition) is 1. The van der Waals surface area contributed by atoms with Crippen LogP contribution in [0.1, 0.15) is 5.56 Å². The van der Waals surface area contributed by atoms with Crippen molar-refractivity contribution in [3.8, 4) is 0 Å². The van der Waals surface area contributed by atoms with Gasteiger partial charge < -0.3 is 15.0 Å². The average molecular weight is 222 g/mol. The van der Waals surface area contributed by atoms with E-state index in [0.29, 0.717) is 12.1 Å². The Morgan fingerprint density at radius 3 is 2.75 bits per heavy atom. The Morgan fingerprint density at radius 2 is 2.31 bits per heavy atom. The van der Waals surface area contributed by atoms with Crippen molar-refractivity contribution >= 4 is 0 Å². The van der Waals surface area contributed by atoms with Crippen molar-refractivity contribution in [1.82, 2.24) is 9.88 Å². The summed E-state index contributed by atoms with van der Waals surface area (Å²) in [4.78, 5) is 15.6. The molecule has 0 unspecified atom stereocenters. The SMILES string of the molecule is CN(C)C(Cc1cccnc1)=C(N)[N+](=O)[O-]. The maximum atomic E-state index is 10.6. The second-order valence-corrected chi connectivity index (χ2v) is 3.52. The van der Waals surface area contributed by atoms with Gasteiger partial charge in [-0.15, -0.1) is 0 Å². The van der Waals surface area contributed by atoms with Crippen molar-refractivity contribution in [2.45, 2.75) is 6.42 Å². The molecule has 0 aromatic carbocycles. The van der Waals surface area contributed by atoms with E-state index < -0.39 is 4.92 Å². The van der Waals surface area contributed by atoms with E-state index in [2.05, 4.69) is 4.98 Å². The minimum absolute atomic E-state index is 0.325. The molecule has 0 fully saturated rings. The Morgan fingerprint density at radius 1 is 1.62 bits per heavy atom. The Bertz CT molecular complexity index is 401. The summed E-state index contributed by atoms with van der Waals surface area (Å²) in [6.07, 6.45) is 3.71. The molecule has 2 N–H and O–H groups in total. The van der Waals surface area contributed by atoms with Crippen LogP contribution in [0.25, 0.3) is 0 Å². The third-order valence-electron chi connectivity index (χ3n) is 2.13. The smallest absolute Gasteiger partial charge is 0.333 e. The Hall–Kier alpha value is -2.11. The lowest BCUT2D eigenvalue weighted by Gasteiger charge is -2.16. The third-order valence-corrected chi connectivity index (χ3v) is 2.13. The topological polar surface area (TPSA) is 85.3 Å². The quantitative estimate of drug-likeness (QED) is 0.595. The molecule has 6 heteroatoms. The zero-order chi connectivity index (χ0) is 12.1.